The Labute approximate surface area is 168 Å². The SMILES string of the molecule is COc1ccc([C@@H]2OC(=O)N(Cc3ccco3)[C@@]2(O)c2ccc(OC)cc2)cc1. The first-order chi connectivity index (χ1) is 14.1. The van der Waals surface area contributed by atoms with Gasteiger partial charge in [-0.15, -0.1) is 0 Å². The van der Waals surface area contributed by atoms with E-state index in [2.05, 4.69) is 0 Å². The Balaban J connectivity index is 1.79. The molecule has 1 aromatic heterocycles. The number of carbonyl (C=O) groups is 1. The van der Waals surface area contributed by atoms with Crippen LogP contribution >= 0.6 is 0 Å². The van der Waals surface area contributed by atoms with Crippen molar-refractivity contribution >= 4 is 6.09 Å². The fraction of sp³-hybridized carbons (Fsp3) is 0.227. The topological polar surface area (TPSA) is 81.4 Å². The lowest BCUT2D eigenvalue weighted by atomic mass is 9.91. The first-order valence-corrected chi connectivity index (χ1v) is 9.07. The zero-order valence-corrected chi connectivity index (χ0v) is 16.1. The molecule has 0 spiro atoms. The summed E-state index contributed by atoms with van der Waals surface area (Å²) >= 11 is 0. The summed E-state index contributed by atoms with van der Waals surface area (Å²) in [7, 11) is 3.14. The van der Waals surface area contributed by atoms with Gasteiger partial charge in [0.05, 0.1) is 27.0 Å². The molecule has 2 aromatic carbocycles. The van der Waals surface area contributed by atoms with Crippen molar-refractivity contribution < 1.29 is 28.5 Å². The van der Waals surface area contributed by atoms with Gasteiger partial charge in [0, 0.05) is 5.56 Å². The highest BCUT2D eigenvalue weighted by atomic mass is 16.6. The van der Waals surface area contributed by atoms with Gasteiger partial charge < -0.3 is 23.7 Å². The number of hydrogen-bond acceptors (Lipinski definition) is 6. The van der Waals surface area contributed by atoms with Gasteiger partial charge in [-0.2, -0.15) is 0 Å². The second-order valence-electron chi connectivity index (χ2n) is 6.66. The maximum absolute atomic E-state index is 12.8. The van der Waals surface area contributed by atoms with E-state index in [0.717, 1.165) is 0 Å². The number of hydrogen-bond donors (Lipinski definition) is 1. The average molecular weight is 395 g/mol. The van der Waals surface area contributed by atoms with Gasteiger partial charge in [-0.05, 0) is 42.0 Å². The smallest absolute Gasteiger partial charge is 0.413 e. The van der Waals surface area contributed by atoms with Crippen LogP contribution in [0.25, 0.3) is 0 Å². The van der Waals surface area contributed by atoms with Crippen LogP contribution in [-0.4, -0.2) is 30.3 Å². The summed E-state index contributed by atoms with van der Waals surface area (Å²) in [4.78, 5) is 14.0. The Hall–Kier alpha value is -3.45. The van der Waals surface area contributed by atoms with Crippen molar-refractivity contribution in [1.82, 2.24) is 4.90 Å². The molecule has 1 aliphatic heterocycles. The van der Waals surface area contributed by atoms with Crippen molar-refractivity contribution in [3.8, 4) is 11.5 Å². The monoisotopic (exact) mass is 395 g/mol. The Bertz CT molecular complexity index is 968. The molecule has 1 amide bonds. The lowest BCUT2D eigenvalue weighted by molar-refractivity contribution is -0.114. The van der Waals surface area contributed by atoms with Crippen LogP contribution < -0.4 is 9.47 Å². The van der Waals surface area contributed by atoms with Gasteiger partial charge in [0.25, 0.3) is 0 Å². The normalized spacial score (nSPS) is 21.1. The molecule has 1 aliphatic rings. The summed E-state index contributed by atoms with van der Waals surface area (Å²) in [6.45, 7) is 0.0566. The summed E-state index contributed by atoms with van der Waals surface area (Å²) in [6, 6.07) is 17.4. The van der Waals surface area contributed by atoms with E-state index in [1.54, 1.807) is 74.9 Å². The molecule has 4 rings (SSSR count). The minimum atomic E-state index is -1.75. The predicted octanol–water partition coefficient (Wildman–Crippen LogP) is 3.84. The van der Waals surface area contributed by atoms with E-state index in [1.807, 2.05) is 0 Å². The zero-order valence-electron chi connectivity index (χ0n) is 16.1. The van der Waals surface area contributed by atoms with Gasteiger partial charge >= 0.3 is 6.09 Å². The van der Waals surface area contributed by atoms with E-state index in [-0.39, 0.29) is 6.54 Å². The number of ether oxygens (including phenoxy) is 3. The third-order valence-corrected chi connectivity index (χ3v) is 5.04. The fourth-order valence-electron chi connectivity index (χ4n) is 3.49. The number of benzene rings is 2. The Kier molecular flexibility index (Phi) is 4.90. The van der Waals surface area contributed by atoms with Gasteiger partial charge in [-0.1, -0.05) is 24.3 Å². The molecule has 0 radical (unpaired) electrons. The molecule has 0 saturated carbocycles. The molecule has 1 saturated heterocycles. The molecule has 2 atom stereocenters. The van der Waals surface area contributed by atoms with Crippen molar-refractivity contribution in [2.75, 3.05) is 14.2 Å². The standard InChI is InChI=1S/C22H21NO6/c1-26-17-9-5-15(6-10-17)20-22(25,16-7-11-18(27-2)12-8-16)23(21(24)29-20)14-19-4-3-13-28-19/h3-13,20,25H,14H2,1-2H3/t20-,22+/m0/s1. The van der Waals surface area contributed by atoms with Crippen LogP contribution in [0.2, 0.25) is 0 Å². The van der Waals surface area contributed by atoms with Crippen molar-refractivity contribution in [2.45, 2.75) is 18.4 Å². The highest BCUT2D eigenvalue weighted by Gasteiger charge is 2.56. The Morgan fingerprint density at radius 3 is 2.17 bits per heavy atom. The van der Waals surface area contributed by atoms with E-state index in [1.165, 1.54) is 11.2 Å². The third kappa shape index (κ3) is 3.30. The molecule has 3 aromatic rings. The van der Waals surface area contributed by atoms with Crippen molar-refractivity contribution in [1.29, 1.82) is 0 Å². The number of methoxy groups -OCH3 is 2. The molecule has 7 heteroatoms. The number of rotatable bonds is 6. The minimum Gasteiger partial charge on any atom is -0.497 e. The molecule has 0 bridgehead atoms. The number of amides is 1. The highest BCUT2D eigenvalue weighted by molar-refractivity contribution is 5.72. The number of furan rings is 1. The van der Waals surface area contributed by atoms with Crippen molar-refractivity contribution in [3.05, 3.63) is 83.8 Å². The molecular weight excluding hydrogens is 374 g/mol. The molecule has 29 heavy (non-hydrogen) atoms. The maximum Gasteiger partial charge on any atom is 0.413 e. The van der Waals surface area contributed by atoms with E-state index in [0.29, 0.717) is 28.4 Å². The third-order valence-electron chi connectivity index (χ3n) is 5.04. The molecule has 1 fully saturated rings. The molecule has 150 valence electrons. The van der Waals surface area contributed by atoms with Crippen LogP contribution in [0.15, 0.2) is 71.3 Å². The minimum absolute atomic E-state index is 0.0566. The molecule has 2 heterocycles. The van der Waals surface area contributed by atoms with E-state index in [4.69, 9.17) is 18.6 Å². The summed E-state index contributed by atoms with van der Waals surface area (Å²) in [5, 5.41) is 11.9. The molecule has 1 N–H and O–H groups in total. The number of carbonyl (C=O) groups excluding carboxylic acids is 1. The molecule has 7 nitrogen and oxygen atoms in total. The van der Waals surface area contributed by atoms with Gasteiger partial charge in [-0.3, -0.25) is 4.90 Å². The first-order valence-electron chi connectivity index (χ1n) is 9.07. The Morgan fingerprint density at radius 1 is 1.00 bits per heavy atom. The zero-order chi connectivity index (χ0) is 20.4. The second kappa shape index (κ2) is 7.52. The van der Waals surface area contributed by atoms with Crippen LogP contribution in [0.1, 0.15) is 23.0 Å². The lowest BCUT2D eigenvalue weighted by Crippen LogP contribution is -2.45. The van der Waals surface area contributed by atoms with Crippen LogP contribution in [0.5, 0.6) is 11.5 Å². The van der Waals surface area contributed by atoms with Gasteiger partial charge in [0.2, 0.25) is 5.72 Å². The van der Waals surface area contributed by atoms with Gasteiger partial charge in [0.1, 0.15) is 17.3 Å². The fourth-order valence-corrected chi connectivity index (χ4v) is 3.49. The number of aliphatic hydroxyl groups is 1. The van der Waals surface area contributed by atoms with E-state index in [9.17, 15) is 9.90 Å². The second-order valence-corrected chi connectivity index (χ2v) is 6.66. The number of cyclic esters (lactones) is 1. The van der Waals surface area contributed by atoms with E-state index >= 15 is 0 Å². The predicted molar refractivity (Wildman–Crippen MR) is 103 cm³/mol. The summed E-state index contributed by atoms with van der Waals surface area (Å²) in [6.07, 6.45) is -0.0609. The van der Waals surface area contributed by atoms with Crippen LogP contribution in [0.3, 0.4) is 0 Å². The van der Waals surface area contributed by atoms with Crippen molar-refractivity contribution in [3.63, 3.8) is 0 Å². The van der Waals surface area contributed by atoms with Crippen LogP contribution in [0, 0.1) is 0 Å². The number of nitrogens with zero attached hydrogens (tertiary/aromatic N) is 1. The molecule has 0 aliphatic carbocycles. The molecular formula is C22H21NO6. The van der Waals surface area contributed by atoms with Gasteiger partial charge in [-0.25, -0.2) is 4.79 Å². The lowest BCUT2D eigenvalue weighted by Gasteiger charge is -2.34. The highest BCUT2D eigenvalue weighted by Crippen LogP contribution is 2.47. The Morgan fingerprint density at radius 2 is 1.62 bits per heavy atom. The first kappa shape index (κ1) is 18.9. The van der Waals surface area contributed by atoms with Gasteiger partial charge in [0.15, 0.2) is 6.10 Å². The van der Waals surface area contributed by atoms with E-state index < -0.39 is 17.9 Å². The summed E-state index contributed by atoms with van der Waals surface area (Å²) in [5.41, 5.74) is -0.610. The van der Waals surface area contributed by atoms with Crippen LogP contribution in [-0.2, 0) is 17.0 Å². The molecule has 0 unspecified atom stereocenters. The summed E-state index contributed by atoms with van der Waals surface area (Å²) < 4.78 is 21.4. The summed E-state index contributed by atoms with van der Waals surface area (Å²) in [5.74, 6) is 1.84. The average Bonchev–Trinajstić information content (AvgIpc) is 3.37. The largest absolute Gasteiger partial charge is 0.497 e. The van der Waals surface area contributed by atoms with Crippen molar-refractivity contribution in [2.24, 2.45) is 0 Å². The quantitative estimate of drug-likeness (QED) is 0.683. The van der Waals surface area contributed by atoms with Crippen LogP contribution in [0.4, 0.5) is 4.79 Å². The maximum atomic E-state index is 12.8.